The van der Waals surface area contributed by atoms with E-state index in [2.05, 4.69) is 18.9 Å². The number of hydrogen-bond acceptors (Lipinski definition) is 3. The van der Waals surface area contributed by atoms with Gasteiger partial charge < -0.3 is 9.84 Å². The molecular weight excluding hydrogens is 240 g/mol. The highest BCUT2D eigenvalue weighted by molar-refractivity contribution is 5.31. The van der Waals surface area contributed by atoms with E-state index in [9.17, 15) is 5.11 Å². The number of hydrogen-bond donors (Lipinski definition) is 1. The summed E-state index contributed by atoms with van der Waals surface area (Å²) in [6, 6.07) is 0. The second-order valence-electron chi connectivity index (χ2n) is 5.67. The van der Waals surface area contributed by atoms with Gasteiger partial charge in [-0.15, -0.1) is 0 Å². The van der Waals surface area contributed by atoms with Crippen molar-refractivity contribution in [3.8, 4) is 5.75 Å². The summed E-state index contributed by atoms with van der Waals surface area (Å²) in [4.78, 5) is 0. The molecule has 0 aromatic carbocycles. The molecule has 108 valence electrons. The maximum Gasteiger partial charge on any atom is 0.162 e. The molecule has 1 aliphatic rings. The van der Waals surface area contributed by atoms with E-state index < -0.39 is 5.60 Å². The second kappa shape index (κ2) is 5.95. The van der Waals surface area contributed by atoms with Crippen LogP contribution in [0.3, 0.4) is 0 Å². The fraction of sp³-hybridized carbons (Fsp3) is 0.800. The van der Waals surface area contributed by atoms with E-state index in [-0.39, 0.29) is 0 Å². The normalized spacial score (nSPS) is 27.5. The Kier molecular flexibility index (Phi) is 4.50. The van der Waals surface area contributed by atoms with E-state index in [0.717, 1.165) is 56.0 Å². The average molecular weight is 266 g/mol. The first-order valence-corrected chi connectivity index (χ1v) is 7.47. The molecule has 0 radical (unpaired) electrons. The molecule has 0 bridgehead atoms. The van der Waals surface area contributed by atoms with Gasteiger partial charge in [-0.25, -0.2) is 0 Å². The summed E-state index contributed by atoms with van der Waals surface area (Å²) in [6.45, 7) is 5.19. The number of aliphatic hydroxyl groups is 1. The molecule has 1 aliphatic carbocycles. The van der Waals surface area contributed by atoms with E-state index >= 15 is 0 Å². The molecule has 0 saturated heterocycles. The SMILES string of the molecule is CCCn1ncc(OC)c1C1(O)CCC(CC)CC1. The standard InChI is InChI=1S/C15H26N2O2/c1-4-10-17-14(13(19-3)11-16-17)15(18)8-6-12(5-2)7-9-15/h11-12,18H,4-10H2,1-3H3. The van der Waals surface area contributed by atoms with E-state index in [1.807, 2.05) is 4.68 Å². The summed E-state index contributed by atoms with van der Waals surface area (Å²) in [5, 5.41) is 15.4. The van der Waals surface area contributed by atoms with E-state index in [0.29, 0.717) is 0 Å². The molecule has 1 saturated carbocycles. The number of aryl methyl sites for hydroxylation is 1. The number of aromatic nitrogens is 2. The van der Waals surface area contributed by atoms with Crippen molar-refractivity contribution in [1.29, 1.82) is 0 Å². The lowest BCUT2D eigenvalue weighted by Gasteiger charge is -2.36. The molecule has 1 heterocycles. The quantitative estimate of drug-likeness (QED) is 0.891. The predicted molar refractivity (Wildman–Crippen MR) is 75.2 cm³/mol. The van der Waals surface area contributed by atoms with Gasteiger partial charge >= 0.3 is 0 Å². The Hall–Kier alpha value is -1.03. The van der Waals surface area contributed by atoms with Crippen molar-refractivity contribution < 1.29 is 9.84 Å². The third-order valence-corrected chi connectivity index (χ3v) is 4.41. The van der Waals surface area contributed by atoms with Crippen LogP contribution in [0.1, 0.15) is 58.1 Å². The van der Waals surface area contributed by atoms with Crippen LogP contribution >= 0.6 is 0 Å². The summed E-state index contributed by atoms with van der Waals surface area (Å²) in [7, 11) is 1.65. The van der Waals surface area contributed by atoms with Crippen molar-refractivity contribution >= 4 is 0 Å². The molecule has 0 atom stereocenters. The van der Waals surface area contributed by atoms with Gasteiger partial charge in [0.05, 0.1) is 13.3 Å². The van der Waals surface area contributed by atoms with Gasteiger partial charge in [0.1, 0.15) is 11.3 Å². The van der Waals surface area contributed by atoms with Crippen molar-refractivity contribution in [2.45, 2.75) is 64.5 Å². The molecule has 1 aromatic rings. The predicted octanol–water partition coefficient (Wildman–Crippen LogP) is 3.09. The van der Waals surface area contributed by atoms with Crippen molar-refractivity contribution in [1.82, 2.24) is 9.78 Å². The van der Waals surface area contributed by atoms with Gasteiger partial charge in [-0.2, -0.15) is 5.10 Å². The maximum atomic E-state index is 11.0. The molecule has 0 aliphatic heterocycles. The van der Waals surface area contributed by atoms with Gasteiger partial charge in [-0.05, 0) is 38.0 Å². The summed E-state index contributed by atoms with van der Waals surface area (Å²) in [5.74, 6) is 1.49. The fourth-order valence-electron chi connectivity index (χ4n) is 3.17. The van der Waals surface area contributed by atoms with Gasteiger partial charge in [0.2, 0.25) is 0 Å². The van der Waals surface area contributed by atoms with Crippen LogP contribution in [0.5, 0.6) is 5.75 Å². The van der Waals surface area contributed by atoms with Crippen LogP contribution in [0.25, 0.3) is 0 Å². The van der Waals surface area contributed by atoms with Gasteiger partial charge in [0.15, 0.2) is 5.75 Å². The minimum absolute atomic E-state index is 0.728. The number of rotatable bonds is 5. The van der Waals surface area contributed by atoms with Crippen LogP contribution in [0.15, 0.2) is 6.20 Å². The van der Waals surface area contributed by atoms with E-state index in [1.54, 1.807) is 13.3 Å². The summed E-state index contributed by atoms with van der Waals surface area (Å²) >= 11 is 0. The van der Waals surface area contributed by atoms with Crippen molar-refractivity contribution in [3.05, 3.63) is 11.9 Å². The van der Waals surface area contributed by atoms with Crippen LogP contribution in [0.2, 0.25) is 0 Å². The molecule has 4 heteroatoms. The zero-order valence-electron chi connectivity index (χ0n) is 12.4. The smallest absolute Gasteiger partial charge is 0.162 e. The largest absolute Gasteiger partial charge is 0.493 e. The van der Waals surface area contributed by atoms with Crippen LogP contribution in [-0.4, -0.2) is 22.0 Å². The lowest BCUT2D eigenvalue weighted by Crippen LogP contribution is -2.34. The molecule has 0 unspecified atom stereocenters. The minimum atomic E-state index is -0.761. The maximum absolute atomic E-state index is 11.0. The molecule has 2 rings (SSSR count). The van der Waals surface area contributed by atoms with Crippen LogP contribution in [-0.2, 0) is 12.1 Å². The lowest BCUT2D eigenvalue weighted by molar-refractivity contribution is -0.0239. The molecule has 4 nitrogen and oxygen atoms in total. The third-order valence-electron chi connectivity index (χ3n) is 4.41. The first-order chi connectivity index (χ1) is 9.14. The summed E-state index contributed by atoms with van der Waals surface area (Å²) < 4.78 is 7.32. The van der Waals surface area contributed by atoms with Crippen molar-refractivity contribution in [3.63, 3.8) is 0 Å². The first kappa shape index (κ1) is 14.4. The monoisotopic (exact) mass is 266 g/mol. The average Bonchev–Trinajstić information content (AvgIpc) is 2.84. The molecular formula is C15H26N2O2. The molecule has 19 heavy (non-hydrogen) atoms. The molecule has 1 aromatic heterocycles. The lowest BCUT2D eigenvalue weighted by atomic mass is 9.76. The Bertz CT molecular complexity index is 406. The highest BCUT2D eigenvalue weighted by Crippen LogP contribution is 2.43. The zero-order valence-corrected chi connectivity index (χ0v) is 12.4. The highest BCUT2D eigenvalue weighted by Gasteiger charge is 2.39. The molecule has 0 amide bonds. The number of nitrogens with zero attached hydrogens (tertiary/aromatic N) is 2. The van der Waals surface area contributed by atoms with Gasteiger partial charge in [-0.3, -0.25) is 4.68 Å². The van der Waals surface area contributed by atoms with E-state index in [4.69, 9.17) is 4.74 Å². The Labute approximate surface area is 115 Å². The number of methoxy groups -OCH3 is 1. The van der Waals surface area contributed by atoms with Crippen LogP contribution in [0.4, 0.5) is 0 Å². The molecule has 1 N–H and O–H groups in total. The Morgan fingerprint density at radius 2 is 2.11 bits per heavy atom. The minimum Gasteiger partial charge on any atom is -0.493 e. The van der Waals surface area contributed by atoms with Crippen molar-refractivity contribution in [2.24, 2.45) is 5.92 Å². The van der Waals surface area contributed by atoms with Gasteiger partial charge in [0, 0.05) is 6.54 Å². The number of ether oxygens (including phenoxy) is 1. The van der Waals surface area contributed by atoms with Crippen LogP contribution in [0, 0.1) is 5.92 Å². The van der Waals surface area contributed by atoms with Gasteiger partial charge in [0.25, 0.3) is 0 Å². The zero-order chi connectivity index (χ0) is 13.9. The van der Waals surface area contributed by atoms with Crippen LogP contribution < -0.4 is 4.74 Å². The first-order valence-electron chi connectivity index (χ1n) is 7.47. The molecule has 1 fully saturated rings. The topological polar surface area (TPSA) is 47.3 Å². The Morgan fingerprint density at radius 1 is 1.42 bits per heavy atom. The van der Waals surface area contributed by atoms with Crippen molar-refractivity contribution in [2.75, 3.05) is 7.11 Å². The molecule has 0 spiro atoms. The van der Waals surface area contributed by atoms with Gasteiger partial charge in [-0.1, -0.05) is 20.3 Å². The third kappa shape index (κ3) is 2.78. The summed E-state index contributed by atoms with van der Waals surface area (Å²) in [6.07, 6.45) is 7.76. The highest BCUT2D eigenvalue weighted by atomic mass is 16.5. The second-order valence-corrected chi connectivity index (χ2v) is 5.67. The van der Waals surface area contributed by atoms with E-state index in [1.165, 1.54) is 6.42 Å². The fourth-order valence-corrected chi connectivity index (χ4v) is 3.17. The Morgan fingerprint density at radius 3 is 2.63 bits per heavy atom. The Balaban J connectivity index is 2.26. The summed E-state index contributed by atoms with van der Waals surface area (Å²) in [5.41, 5.74) is 0.120.